The maximum Gasteiger partial charge on any atom is 0.165 e. The van der Waals surface area contributed by atoms with Gasteiger partial charge in [0.2, 0.25) is 0 Å². The zero-order valence-corrected chi connectivity index (χ0v) is 12.5. The fourth-order valence-electron chi connectivity index (χ4n) is 2.80. The van der Waals surface area contributed by atoms with Crippen molar-refractivity contribution in [3.63, 3.8) is 0 Å². The van der Waals surface area contributed by atoms with Crippen molar-refractivity contribution in [1.82, 2.24) is 0 Å². The van der Waals surface area contributed by atoms with Gasteiger partial charge in [0.05, 0.1) is 25.0 Å². The molecule has 20 heavy (non-hydrogen) atoms. The van der Waals surface area contributed by atoms with Crippen LogP contribution in [-0.2, 0) is 4.74 Å². The molecule has 4 nitrogen and oxygen atoms in total. The molecule has 110 valence electrons. The molecule has 1 saturated heterocycles. The van der Waals surface area contributed by atoms with E-state index >= 15 is 0 Å². The van der Waals surface area contributed by atoms with Crippen LogP contribution >= 0.6 is 0 Å². The minimum atomic E-state index is 0.0317. The van der Waals surface area contributed by atoms with Crippen LogP contribution in [0, 0.1) is 5.92 Å². The summed E-state index contributed by atoms with van der Waals surface area (Å²) in [6.07, 6.45) is 2.31. The molecule has 0 aliphatic carbocycles. The van der Waals surface area contributed by atoms with Gasteiger partial charge >= 0.3 is 0 Å². The van der Waals surface area contributed by atoms with Crippen LogP contribution in [0.2, 0.25) is 0 Å². The van der Waals surface area contributed by atoms with Gasteiger partial charge in [-0.2, -0.15) is 0 Å². The van der Waals surface area contributed by atoms with Crippen molar-refractivity contribution in [1.29, 1.82) is 0 Å². The molecule has 4 heteroatoms. The highest BCUT2D eigenvalue weighted by atomic mass is 16.5. The number of ketones is 1. The van der Waals surface area contributed by atoms with E-state index in [-0.39, 0.29) is 5.78 Å². The van der Waals surface area contributed by atoms with Crippen LogP contribution in [0.15, 0.2) is 18.2 Å². The van der Waals surface area contributed by atoms with Gasteiger partial charge in [-0.1, -0.05) is 6.07 Å². The molecule has 2 rings (SSSR count). The maximum absolute atomic E-state index is 11.9. The molecule has 0 aromatic heterocycles. The Labute approximate surface area is 120 Å². The Morgan fingerprint density at radius 3 is 2.90 bits per heavy atom. The zero-order valence-electron chi connectivity index (χ0n) is 12.5. The number of hydrogen-bond donors (Lipinski definition) is 0. The molecular formula is C16H23NO3. The molecule has 1 heterocycles. The average molecular weight is 277 g/mol. The highest BCUT2D eigenvalue weighted by Gasteiger charge is 2.20. The lowest BCUT2D eigenvalue weighted by molar-refractivity contribution is 0.0576. The van der Waals surface area contributed by atoms with Crippen molar-refractivity contribution in [3.05, 3.63) is 23.8 Å². The topological polar surface area (TPSA) is 38.8 Å². The molecule has 1 aromatic rings. The smallest absolute Gasteiger partial charge is 0.165 e. The van der Waals surface area contributed by atoms with Gasteiger partial charge in [-0.15, -0.1) is 0 Å². The van der Waals surface area contributed by atoms with E-state index in [1.807, 2.05) is 25.2 Å². The molecule has 1 atom stereocenters. The standard InChI is InChI=1S/C16H23NO3/c1-12(18)16-14(7-4-8-15(16)19-3)17(2)10-13-6-5-9-20-11-13/h4,7-8,13H,5-6,9-11H2,1-3H3. The Morgan fingerprint density at radius 1 is 1.50 bits per heavy atom. The molecule has 1 aromatic carbocycles. The summed E-state index contributed by atoms with van der Waals surface area (Å²) in [5, 5.41) is 0. The molecule has 1 aliphatic rings. The number of Topliss-reactive ketones (excluding diaryl/α,β-unsaturated/α-hetero) is 1. The summed E-state index contributed by atoms with van der Waals surface area (Å²) >= 11 is 0. The van der Waals surface area contributed by atoms with Crippen LogP contribution in [0.4, 0.5) is 5.69 Å². The monoisotopic (exact) mass is 277 g/mol. The van der Waals surface area contributed by atoms with Crippen LogP contribution in [0.1, 0.15) is 30.1 Å². The van der Waals surface area contributed by atoms with Gasteiger partial charge in [-0.05, 0) is 37.8 Å². The summed E-state index contributed by atoms with van der Waals surface area (Å²) in [5.41, 5.74) is 1.59. The van der Waals surface area contributed by atoms with E-state index in [0.717, 1.165) is 31.9 Å². The second-order valence-electron chi connectivity index (χ2n) is 5.37. The molecule has 1 aliphatic heterocycles. The fraction of sp³-hybridized carbons (Fsp3) is 0.562. The normalized spacial score (nSPS) is 18.6. The van der Waals surface area contributed by atoms with Crippen LogP contribution in [-0.4, -0.2) is 39.7 Å². The predicted octanol–water partition coefficient (Wildman–Crippen LogP) is 2.76. The second kappa shape index (κ2) is 6.75. The van der Waals surface area contributed by atoms with Gasteiger partial charge in [-0.3, -0.25) is 4.79 Å². The molecule has 0 bridgehead atoms. The van der Waals surface area contributed by atoms with Gasteiger partial charge in [0, 0.05) is 20.2 Å². The zero-order chi connectivity index (χ0) is 14.5. The molecule has 0 radical (unpaired) electrons. The van der Waals surface area contributed by atoms with E-state index in [2.05, 4.69) is 4.90 Å². The molecule has 1 fully saturated rings. The van der Waals surface area contributed by atoms with Crippen molar-refractivity contribution in [2.75, 3.05) is 38.8 Å². The predicted molar refractivity (Wildman–Crippen MR) is 79.8 cm³/mol. The second-order valence-corrected chi connectivity index (χ2v) is 5.37. The average Bonchev–Trinajstić information content (AvgIpc) is 2.47. The van der Waals surface area contributed by atoms with E-state index in [0.29, 0.717) is 17.2 Å². The van der Waals surface area contributed by atoms with Gasteiger partial charge < -0.3 is 14.4 Å². The van der Waals surface area contributed by atoms with Gasteiger partial charge in [0.15, 0.2) is 5.78 Å². The van der Waals surface area contributed by atoms with E-state index in [9.17, 15) is 4.79 Å². The van der Waals surface area contributed by atoms with Gasteiger partial charge in [0.25, 0.3) is 0 Å². The first-order valence-corrected chi connectivity index (χ1v) is 7.10. The van der Waals surface area contributed by atoms with E-state index in [1.165, 1.54) is 6.42 Å². The lowest BCUT2D eigenvalue weighted by Crippen LogP contribution is -2.31. The SMILES string of the molecule is COc1cccc(N(C)CC2CCCOC2)c1C(C)=O. The Bertz CT molecular complexity index is 467. The Kier molecular flexibility index (Phi) is 5.01. The molecule has 0 amide bonds. The number of benzene rings is 1. The lowest BCUT2D eigenvalue weighted by Gasteiger charge is -2.29. The summed E-state index contributed by atoms with van der Waals surface area (Å²) in [5.74, 6) is 1.20. The Hall–Kier alpha value is -1.55. The Morgan fingerprint density at radius 2 is 2.30 bits per heavy atom. The molecule has 1 unspecified atom stereocenters. The summed E-state index contributed by atoms with van der Waals surface area (Å²) in [4.78, 5) is 14.0. The lowest BCUT2D eigenvalue weighted by atomic mass is 10.0. The molecule has 0 saturated carbocycles. The van der Waals surface area contributed by atoms with Crippen molar-refractivity contribution in [2.24, 2.45) is 5.92 Å². The number of nitrogens with zero attached hydrogens (tertiary/aromatic N) is 1. The molecule has 0 spiro atoms. The number of carbonyl (C=O) groups is 1. The van der Waals surface area contributed by atoms with Crippen molar-refractivity contribution < 1.29 is 14.3 Å². The van der Waals surface area contributed by atoms with Crippen LogP contribution in [0.5, 0.6) is 5.75 Å². The van der Waals surface area contributed by atoms with Crippen molar-refractivity contribution >= 4 is 11.5 Å². The summed E-state index contributed by atoms with van der Waals surface area (Å²) in [6.45, 7) is 4.16. The summed E-state index contributed by atoms with van der Waals surface area (Å²) < 4.78 is 10.8. The minimum Gasteiger partial charge on any atom is -0.496 e. The third-order valence-corrected chi connectivity index (χ3v) is 3.77. The van der Waals surface area contributed by atoms with Crippen molar-refractivity contribution in [2.45, 2.75) is 19.8 Å². The maximum atomic E-state index is 11.9. The highest BCUT2D eigenvalue weighted by molar-refractivity contribution is 6.02. The highest BCUT2D eigenvalue weighted by Crippen LogP contribution is 2.30. The number of methoxy groups -OCH3 is 1. The summed E-state index contributed by atoms with van der Waals surface area (Å²) in [6, 6.07) is 5.73. The first kappa shape index (κ1) is 14.9. The number of carbonyl (C=O) groups excluding carboxylic acids is 1. The first-order valence-electron chi connectivity index (χ1n) is 7.10. The van der Waals surface area contributed by atoms with Crippen LogP contribution in [0.3, 0.4) is 0 Å². The minimum absolute atomic E-state index is 0.0317. The van der Waals surface area contributed by atoms with E-state index in [4.69, 9.17) is 9.47 Å². The van der Waals surface area contributed by atoms with Crippen LogP contribution in [0.25, 0.3) is 0 Å². The quantitative estimate of drug-likeness (QED) is 0.776. The van der Waals surface area contributed by atoms with Crippen LogP contribution < -0.4 is 9.64 Å². The first-order chi connectivity index (χ1) is 9.63. The van der Waals surface area contributed by atoms with E-state index in [1.54, 1.807) is 14.0 Å². The summed E-state index contributed by atoms with van der Waals surface area (Å²) in [7, 11) is 3.62. The number of ether oxygens (including phenoxy) is 2. The largest absolute Gasteiger partial charge is 0.496 e. The molecule has 0 N–H and O–H groups in total. The number of anilines is 1. The third kappa shape index (κ3) is 3.31. The van der Waals surface area contributed by atoms with Crippen molar-refractivity contribution in [3.8, 4) is 5.75 Å². The Balaban J connectivity index is 2.19. The van der Waals surface area contributed by atoms with E-state index < -0.39 is 0 Å². The number of hydrogen-bond acceptors (Lipinski definition) is 4. The number of rotatable bonds is 5. The fourth-order valence-corrected chi connectivity index (χ4v) is 2.80. The van der Waals surface area contributed by atoms with Gasteiger partial charge in [-0.25, -0.2) is 0 Å². The van der Waals surface area contributed by atoms with Gasteiger partial charge in [0.1, 0.15) is 5.75 Å². The molecular weight excluding hydrogens is 254 g/mol. The third-order valence-electron chi connectivity index (χ3n) is 3.77.